The Morgan fingerprint density at radius 3 is 2.12 bits per heavy atom. The first kappa shape index (κ1) is 11.2. The van der Waals surface area contributed by atoms with Gasteiger partial charge in [-0.15, -0.1) is 0 Å². The Morgan fingerprint density at radius 2 is 1.50 bits per heavy atom. The first-order valence-electron chi connectivity index (χ1n) is 5.15. The van der Waals surface area contributed by atoms with Crippen molar-refractivity contribution in [3.63, 3.8) is 0 Å². The van der Waals surface area contributed by atoms with Crippen molar-refractivity contribution in [1.29, 1.82) is 0 Å². The van der Waals surface area contributed by atoms with E-state index in [0.29, 0.717) is 5.02 Å². The summed E-state index contributed by atoms with van der Waals surface area (Å²) >= 11 is 6.10. The average molecular weight is 233 g/mol. The minimum absolute atomic E-state index is 0.580. The smallest absolute Gasteiger partial charge is 0.113 e. The zero-order valence-corrected chi connectivity index (χ0v) is 9.78. The molecule has 2 aromatic rings. The molecule has 0 aliphatic rings. The van der Waals surface area contributed by atoms with Crippen molar-refractivity contribution < 1.29 is 5.11 Å². The van der Waals surface area contributed by atoms with E-state index >= 15 is 0 Å². The van der Waals surface area contributed by atoms with E-state index in [1.54, 1.807) is 13.0 Å². The first-order valence-corrected chi connectivity index (χ1v) is 5.53. The highest BCUT2D eigenvalue weighted by Crippen LogP contribution is 2.33. The van der Waals surface area contributed by atoms with Crippen molar-refractivity contribution >= 4 is 11.6 Å². The Labute approximate surface area is 100 Å². The molecule has 0 aliphatic carbocycles. The summed E-state index contributed by atoms with van der Waals surface area (Å²) in [5, 5.41) is 11.1. The molecule has 2 rings (SSSR count). The molecule has 0 heterocycles. The van der Waals surface area contributed by atoms with Crippen LogP contribution in [0, 0.1) is 0 Å². The first-order chi connectivity index (χ1) is 7.62. The van der Waals surface area contributed by atoms with Gasteiger partial charge < -0.3 is 5.11 Å². The third kappa shape index (κ3) is 1.97. The van der Waals surface area contributed by atoms with E-state index in [0.717, 1.165) is 11.1 Å². The molecule has 82 valence electrons. The van der Waals surface area contributed by atoms with Gasteiger partial charge in [0.2, 0.25) is 0 Å². The maximum Gasteiger partial charge on any atom is 0.113 e. The highest BCUT2D eigenvalue weighted by molar-refractivity contribution is 6.31. The van der Waals surface area contributed by atoms with Gasteiger partial charge in [-0.05, 0) is 18.6 Å². The number of hydrogen-bond acceptors (Lipinski definition) is 1. The highest BCUT2D eigenvalue weighted by atomic mass is 35.5. The van der Waals surface area contributed by atoms with Crippen LogP contribution in [0.1, 0.15) is 18.1 Å². The number of hydrogen-bond donors (Lipinski definition) is 1. The number of aliphatic hydroxyl groups is 1. The molecule has 0 aliphatic heterocycles. The monoisotopic (exact) mass is 232 g/mol. The van der Waals surface area contributed by atoms with E-state index in [1.165, 1.54) is 0 Å². The standard InChI is InChI=1S/C14H13ClO/c1-14(16,11-7-3-2-4-8-11)12-9-5-6-10-13(12)15/h2-10,16H,1H3. The van der Waals surface area contributed by atoms with Gasteiger partial charge in [-0.25, -0.2) is 0 Å². The van der Waals surface area contributed by atoms with Crippen LogP contribution in [0.5, 0.6) is 0 Å². The normalized spacial score (nSPS) is 14.4. The summed E-state index contributed by atoms with van der Waals surface area (Å²) in [6.07, 6.45) is 0. The highest BCUT2D eigenvalue weighted by Gasteiger charge is 2.27. The van der Waals surface area contributed by atoms with Crippen molar-refractivity contribution in [3.8, 4) is 0 Å². The lowest BCUT2D eigenvalue weighted by Crippen LogP contribution is -2.23. The van der Waals surface area contributed by atoms with Crippen molar-refractivity contribution in [1.82, 2.24) is 0 Å². The topological polar surface area (TPSA) is 20.2 Å². The molecule has 1 nitrogen and oxygen atoms in total. The van der Waals surface area contributed by atoms with E-state index in [2.05, 4.69) is 0 Å². The van der Waals surface area contributed by atoms with Gasteiger partial charge in [-0.2, -0.15) is 0 Å². The van der Waals surface area contributed by atoms with Crippen molar-refractivity contribution in [2.45, 2.75) is 12.5 Å². The molecule has 16 heavy (non-hydrogen) atoms. The SMILES string of the molecule is CC(O)(c1ccccc1)c1ccccc1Cl. The number of benzene rings is 2. The summed E-state index contributed by atoms with van der Waals surface area (Å²) in [5.74, 6) is 0. The molecule has 0 spiro atoms. The Morgan fingerprint density at radius 1 is 0.938 bits per heavy atom. The van der Waals surface area contributed by atoms with Gasteiger partial charge >= 0.3 is 0 Å². The number of halogens is 1. The summed E-state index contributed by atoms with van der Waals surface area (Å²) in [7, 11) is 0. The lowest BCUT2D eigenvalue weighted by molar-refractivity contribution is 0.102. The van der Waals surface area contributed by atoms with E-state index < -0.39 is 5.60 Å². The van der Waals surface area contributed by atoms with Crippen LogP contribution in [0.3, 0.4) is 0 Å². The van der Waals surface area contributed by atoms with Gasteiger partial charge in [0.05, 0.1) is 0 Å². The largest absolute Gasteiger partial charge is 0.381 e. The molecule has 1 N–H and O–H groups in total. The molecule has 0 bridgehead atoms. The van der Waals surface area contributed by atoms with Gasteiger partial charge in [0.25, 0.3) is 0 Å². The van der Waals surface area contributed by atoms with Crippen LogP contribution in [-0.4, -0.2) is 5.11 Å². The summed E-state index contributed by atoms with van der Waals surface area (Å²) in [5.41, 5.74) is 0.505. The molecule has 0 aromatic heterocycles. The van der Waals surface area contributed by atoms with Gasteiger partial charge in [-0.1, -0.05) is 60.1 Å². The van der Waals surface area contributed by atoms with Crippen LogP contribution in [-0.2, 0) is 5.60 Å². The second-order valence-corrected chi connectivity index (χ2v) is 4.33. The van der Waals surface area contributed by atoms with E-state index in [9.17, 15) is 5.11 Å². The molecule has 2 aromatic carbocycles. The molecular weight excluding hydrogens is 220 g/mol. The second kappa shape index (κ2) is 4.28. The fraction of sp³-hybridized carbons (Fsp3) is 0.143. The van der Waals surface area contributed by atoms with Gasteiger partial charge in [0.1, 0.15) is 5.60 Å². The van der Waals surface area contributed by atoms with E-state index in [1.807, 2.05) is 48.5 Å². The quantitative estimate of drug-likeness (QED) is 0.839. The predicted molar refractivity (Wildman–Crippen MR) is 66.6 cm³/mol. The van der Waals surface area contributed by atoms with Crippen molar-refractivity contribution in [2.24, 2.45) is 0 Å². The minimum Gasteiger partial charge on any atom is -0.381 e. The van der Waals surface area contributed by atoms with Crippen LogP contribution < -0.4 is 0 Å². The molecular formula is C14H13ClO. The Bertz CT molecular complexity index is 477. The maximum atomic E-state index is 10.6. The van der Waals surface area contributed by atoms with Crippen LogP contribution in [0.15, 0.2) is 54.6 Å². The van der Waals surface area contributed by atoms with Crippen LogP contribution in [0.4, 0.5) is 0 Å². The molecule has 0 amide bonds. The van der Waals surface area contributed by atoms with Crippen LogP contribution >= 0.6 is 11.6 Å². The summed E-state index contributed by atoms with van der Waals surface area (Å²) in [4.78, 5) is 0. The van der Waals surface area contributed by atoms with Gasteiger partial charge in [-0.3, -0.25) is 0 Å². The van der Waals surface area contributed by atoms with Crippen LogP contribution in [0.25, 0.3) is 0 Å². The zero-order chi connectivity index (χ0) is 11.6. The Balaban J connectivity index is 2.51. The zero-order valence-electron chi connectivity index (χ0n) is 9.02. The van der Waals surface area contributed by atoms with Crippen LogP contribution in [0.2, 0.25) is 5.02 Å². The van der Waals surface area contributed by atoms with Gasteiger partial charge in [0.15, 0.2) is 0 Å². The van der Waals surface area contributed by atoms with Crippen molar-refractivity contribution in [3.05, 3.63) is 70.7 Å². The molecule has 0 saturated heterocycles. The third-order valence-corrected chi connectivity index (χ3v) is 3.06. The van der Waals surface area contributed by atoms with E-state index in [4.69, 9.17) is 11.6 Å². The Hall–Kier alpha value is -1.31. The van der Waals surface area contributed by atoms with Gasteiger partial charge in [0, 0.05) is 10.6 Å². The minimum atomic E-state index is -1.06. The fourth-order valence-corrected chi connectivity index (χ4v) is 2.09. The predicted octanol–water partition coefficient (Wildman–Crippen LogP) is 3.60. The average Bonchev–Trinajstić information content (AvgIpc) is 2.30. The molecule has 0 radical (unpaired) electrons. The molecule has 0 saturated carbocycles. The third-order valence-electron chi connectivity index (χ3n) is 2.73. The molecule has 1 unspecified atom stereocenters. The summed E-state index contributed by atoms with van der Waals surface area (Å²) in [6.45, 7) is 1.75. The second-order valence-electron chi connectivity index (χ2n) is 3.92. The lowest BCUT2D eigenvalue weighted by atomic mass is 9.88. The Kier molecular flexibility index (Phi) is 2.99. The summed E-state index contributed by atoms with van der Waals surface area (Å²) in [6, 6.07) is 16.9. The molecule has 2 heteroatoms. The molecule has 0 fully saturated rings. The lowest BCUT2D eigenvalue weighted by Gasteiger charge is -2.25. The summed E-state index contributed by atoms with van der Waals surface area (Å²) < 4.78 is 0. The molecule has 1 atom stereocenters. The van der Waals surface area contributed by atoms with Crippen molar-refractivity contribution in [2.75, 3.05) is 0 Å². The maximum absolute atomic E-state index is 10.6. The number of rotatable bonds is 2. The fourth-order valence-electron chi connectivity index (χ4n) is 1.77. The van der Waals surface area contributed by atoms with E-state index in [-0.39, 0.29) is 0 Å².